The molecule has 1 heterocycles. The van der Waals surface area contributed by atoms with Crippen molar-refractivity contribution < 1.29 is 18.7 Å². The van der Waals surface area contributed by atoms with E-state index in [4.69, 9.17) is 4.74 Å². The molecule has 0 atom stereocenters. The van der Waals surface area contributed by atoms with Crippen molar-refractivity contribution in [3.63, 3.8) is 0 Å². The predicted molar refractivity (Wildman–Crippen MR) is 108 cm³/mol. The molecule has 0 aliphatic heterocycles. The van der Waals surface area contributed by atoms with Crippen LogP contribution in [0.5, 0.6) is 0 Å². The summed E-state index contributed by atoms with van der Waals surface area (Å²) >= 11 is 1.19. The molecule has 3 aromatic rings. The number of esters is 1. The van der Waals surface area contributed by atoms with Gasteiger partial charge in [0.1, 0.15) is 5.82 Å². The van der Waals surface area contributed by atoms with E-state index in [0.29, 0.717) is 17.4 Å². The second-order valence-corrected chi connectivity index (χ2v) is 6.87. The quantitative estimate of drug-likeness (QED) is 0.449. The highest BCUT2D eigenvalue weighted by molar-refractivity contribution is 7.99. The number of nitrogens with one attached hydrogen (secondary N) is 1. The van der Waals surface area contributed by atoms with Crippen LogP contribution in [0.1, 0.15) is 6.92 Å². The number of rotatable bonds is 8. The average molecular weight is 414 g/mol. The maximum absolute atomic E-state index is 13.1. The number of carbonyl (C=O) groups excluding carboxylic acids is 2. The van der Waals surface area contributed by atoms with E-state index in [1.54, 1.807) is 6.07 Å². The van der Waals surface area contributed by atoms with Gasteiger partial charge in [0.25, 0.3) is 5.91 Å². The van der Waals surface area contributed by atoms with Crippen LogP contribution < -0.4 is 5.32 Å². The fraction of sp³-hybridized carbons (Fsp3) is 0.200. The number of aromatic nitrogens is 3. The van der Waals surface area contributed by atoms with E-state index in [0.717, 1.165) is 11.4 Å². The summed E-state index contributed by atoms with van der Waals surface area (Å²) in [6, 6.07) is 15.1. The van der Waals surface area contributed by atoms with Gasteiger partial charge in [0.2, 0.25) is 0 Å². The number of ether oxygens (including phenoxy) is 1. The predicted octanol–water partition coefficient (Wildman–Crippen LogP) is 3.38. The molecule has 0 saturated carbocycles. The monoisotopic (exact) mass is 414 g/mol. The van der Waals surface area contributed by atoms with Crippen LogP contribution >= 0.6 is 11.8 Å². The Labute approximate surface area is 171 Å². The molecule has 2 aromatic carbocycles. The molecule has 29 heavy (non-hydrogen) atoms. The minimum Gasteiger partial charge on any atom is -0.455 e. The van der Waals surface area contributed by atoms with Crippen molar-refractivity contribution in [2.45, 2.75) is 18.6 Å². The third-order valence-corrected chi connectivity index (χ3v) is 4.80. The number of halogens is 1. The van der Waals surface area contributed by atoms with E-state index in [2.05, 4.69) is 15.5 Å². The maximum atomic E-state index is 13.1. The Morgan fingerprint density at radius 2 is 1.93 bits per heavy atom. The van der Waals surface area contributed by atoms with Gasteiger partial charge in [-0.15, -0.1) is 10.2 Å². The Morgan fingerprint density at radius 1 is 1.14 bits per heavy atom. The van der Waals surface area contributed by atoms with Gasteiger partial charge < -0.3 is 14.6 Å². The van der Waals surface area contributed by atoms with Crippen LogP contribution in [-0.4, -0.2) is 39.0 Å². The zero-order valence-electron chi connectivity index (χ0n) is 15.7. The summed E-state index contributed by atoms with van der Waals surface area (Å²) < 4.78 is 20.0. The first kappa shape index (κ1) is 20.5. The third kappa shape index (κ3) is 5.64. The molecule has 1 aromatic heterocycles. The number of benzene rings is 2. The number of carbonyl (C=O) groups is 2. The maximum Gasteiger partial charge on any atom is 0.316 e. The zero-order chi connectivity index (χ0) is 20.6. The molecule has 150 valence electrons. The van der Waals surface area contributed by atoms with Crippen LogP contribution in [0.4, 0.5) is 10.1 Å². The molecular weight excluding hydrogens is 395 g/mol. The first-order valence-electron chi connectivity index (χ1n) is 8.89. The van der Waals surface area contributed by atoms with Gasteiger partial charge in [-0.05, 0) is 25.1 Å². The molecule has 3 rings (SSSR count). The van der Waals surface area contributed by atoms with E-state index in [1.165, 1.54) is 30.0 Å². The molecule has 0 saturated heterocycles. The summed E-state index contributed by atoms with van der Waals surface area (Å²) in [7, 11) is 0. The fourth-order valence-corrected chi connectivity index (χ4v) is 3.36. The van der Waals surface area contributed by atoms with Crippen LogP contribution in [0.15, 0.2) is 59.8 Å². The van der Waals surface area contributed by atoms with Crippen molar-refractivity contribution in [3.8, 4) is 11.4 Å². The summed E-state index contributed by atoms with van der Waals surface area (Å²) in [5.74, 6) is -0.863. The minimum atomic E-state index is -0.559. The van der Waals surface area contributed by atoms with Gasteiger partial charge in [0.15, 0.2) is 17.6 Å². The Balaban J connectivity index is 1.50. The van der Waals surface area contributed by atoms with Crippen molar-refractivity contribution in [2.75, 3.05) is 17.7 Å². The van der Waals surface area contributed by atoms with Crippen molar-refractivity contribution >= 4 is 29.3 Å². The molecule has 0 unspecified atom stereocenters. The minimum absolute atomic E-state index is 0.0137. The molecule has 0 aliphatic rings. The second kappa shape index (κ2) is 9.83. The Hall–Kier alpha value is -3.20. The summed E-state index contributed by atoms with van der Waals surface area (Å²) in [6.45, 7) is 2.16. The lowest BCUT2D eigenvalue weighted by atomic mass is 10.2. The van der Waals surface area contributed by atoms with Gasteiger partial charge in [-0.25, -0.2) is 4.39 Å². The standard InChI is InChI=1S/C20H19FN4O3S/c1-2-25-19(14-7-4-3-5-8-14)23-24-20(25)29-13-18(27)28-12-17(26)22-16-10-6-9-15(21)11-16/h3-11H,2,12-13H2,1H3,(H,22,26). The van der Waals surface area contributed by atoms with Gasteiger partial charge in [0, 0.05) is 17.8 Å². The van der Waals surface area contributed by atoms with Crippen molar-refractivity contribution in [3.05, 3.63) is 60.4 Å². The molecule has 1 N–H and O–H groups in total. The summed E-state index contributed by atoms with van der Waals surface area (Å²) in [5, 5.41) is 11.4. The molecule has 9 heteroatoms. The largest absolute Gasteiger partial charge is 0.455 e. The van der Waals surface area contributed by atoms with Crippen molar-refractivity contribution in [1.82, 2.24) is 14.8 Å². The highest BCUT2D eigenvalue weighted by Crippen LogP contribution is 2.23. The third-order valence-electron chi connectivity index (χ3n) is 3.86. The Kier molecular flexibility index (Phi) is 6.96. The van der Waals surface area contributed by atoms with Gasteiger partial charge in [-0.2, -0.15) is 0 Å². The van der Waals surface area contributed by atoms with Crippen LogP contribution in [0.3, 0.4) is 0 Å². The Bertz CT molecular complexity index is 994. The SMILES string of the molecule is CCn1c(SCC(=O)OCC(=O)Nc2cccc(F)c2)nnc1-c1ccccc1. The van der Waals surface area contributed by atoms with Gasteiger partial charge in [-0.1, -0.05) is 48.2 Å². The molecular formula is C20H19FN4O3S. The number of amides is 1. The number of nitrogens with zero attached hydrogens (tertiary/aromatic N) is 3. The molecule has 0 bridgehead atoms. The van der Waals surface area contributed by atoms with Gasteiger partial charge in [-0.3, -0.25) is 9.59 Å². The topological polar surface area (TPSA) is 86.1 Å². The van der Waals surface area contributed by atoms with E-state index in [9.17, 15) is 14.0 Å². The summed E-state index contributed by atoms with van der Waals surface area (Å²) in [6.07, 6.45) is 0. The fourth-order valence-electron chi connectivity index (χ4n) is 2.56. The lowest BCUT2D eigenvalue weighted by Crippen LogP contribution is -2.21. The van der Waals surface area contributed by atoms with Crippen LogP contribution in [0, 0.1) is 5.82 Å². The van der Waals surface area contributed by atoms with Crippen molar-refractivity contribution in [2.24, 2.45) is 0 Å². The average Bonchev–Trinajstić information content (AvgIpc) is 3.14. The summed E-state index contributed by atoms with van der Waals surface area (Å²) in [4.78, 5) is 23.8. The number of thioether (sulfide) groups is 1. The van der Waals surface area contributed by atoms with Crippen LogP contribution in [-0.2, 0) is 20.9 Å². The lowest BCUT2D eigenvalue weighted by Gasteiger charge is -2.08. The van der Waals surface area contributed by atoms with Crippen molar-refractivity contribution in [1.29, 1.82) is 0 Å². The number of anilines is 1. The molecule has 0 aliphatic carbocycles. The first-order chi connectivity index (χ1) is 14.1. The molecule has 7 nitrogen and oxygen atoms in total. The summed E-state index contributed by atoms with van der Waals surface area (Å²) in [5.41, 5.74) is 1.23. The van der Waals surface area contributed by atoms with Crippen LogP contribution in [0.2, 0.25) is 0 Å². The number of hydrogen-bond donors (Lipinski definition) is 1. The number of hydrogen-bond acceptors (Lipinski definition) is 6. The smallest absolute Gasteiger partial charge is 0.316 e. The van der Waals surface area contributed by atoms with Crippen LogP contribution in [0.25, 0.3) is 11.4 Å². The van der Waals surface area contributed by atoms with E-state index in [-0.39, 0.29) is 5.75 Å². The first-order valence-corrected chi connectivity index (χ1v) is 9.88. The lowest BCUT2D eigenvalue weighted by molar-refractivity contribution is -0.144. The second-order valence-electron chi connectivity index (χ2n) is 5.92. The van der Waals surface area contributed by atoms with E-state index >= 15 is 0 Å². The van der Waals surface area contributed by atoms with E-state index < -0.39 is 24.3 Å². The highest BCUT2D eigenvalue weighted by atomic mass is 32.2. The highest BCUT2D eigenvalue weighted by Gasteiger charge is 2.15. The zero-order valence-corrected chi connectivity index (χ0v) is 16.5. The molecule has 1 amide bonds. The van der Waals surface area contributed by atoms with Gasteiger partial charge in [0.05, 0.1) is 5.75 Å². The normalized spacial score (nSPS) is 10.6. The van der Waals surface area contributed by atoms with Gasteiger partial charge >= 0.3 is 5.97 Å². The molecule has 0 fully saturated rings. The Morgan fingerprint density at radius 3 is 2.66 bits per heavy atom. The van der Waals surface area contributed by atoms with E-state index in [1.807, 2.05) is 41.8 Å². The molecule has 0 spiro atoms. The molecule has 0 radical (unpaired) electrons.